The van der Waals surface area contributed by atoms with Crippen molar-refractivity contribution in [2.45, 2.75) is 52.0 Å². The highest BCUT2D eigenvalue weighted by molar-refractivity contribution is 9.10. The third-order valence-electron chi connectivity index (χ3n) is 5.85. The van der Waals surface area contributed by atoms with Gasteiger partial charge in [0, 0.05) is 10.9 Å². The second kappa shape index (κ2) is 9.92. The zero-order chi connectivity index (χ0) is 23.4. The largest absolute Gasteiger partial charge is 0.350 e. The van der Waals surface area contributed by atoms with Gasteiger partial charge in [0.25, 0.3) is 0 Å². The first kappa shape index (κ1) is 23.2. The summed E-state index contributed by atoms with van der Waals surface area (Å²) in [5.74, 6) is 0.801. The number of halogens is 1. The van der Waals surface area contributed by atoms with Crippen LogP contribution in [0.5, 0.6) is 0 Å². The van der Waals surface area contributed by atoms with Crippen LogP contribution in [0.3, 0.4) is 0 Å². The first-order valence-electron chi connectivity index (χ1n) is 11.4. The Hall–Kier alpha value is -2.92. The summed E-state index contributed by atoms with van der Waals surface area (Å²) in [6, 6.07) is 26.7. The fraction of sp³-hybridized carbons (Fsp3) is 0.286. The van der Waals surface area contributed by atoms with Crippen LogP contribution in [0.4, 0.5) is 0 Å². The number of aryl methyl sites for hydroxylation is 2. The van der Waals surface area contributed by atoms with Gasteiger partial charge in [-0.1, -0.05) is 91.3 Å². The van der Waals surface area contributed by atoms with Crippen LogP contribution in [0.15, 0.2) is 88.1 Å². The van der Waals surface area contributed by atoms with E-state index >= 15 is 0 Å². The molecule has 3 aromatic carbocycles. The normalized spacial score (nSPS) is 11.6. The Morgan fingerprint density at radius 2 is 1.45 bits per heavy atom. The minimum absolute atomic E-state index is 0.0975. The average Bonchev–Trinajstić information content (AvgIpc) is 3.10. The van der Waals surface area contributed by atoms with Crippen LogP contribution in [-0.2, 0) is 24.8 Å². The van der Waals surface area contributed by atoms with Crippen LogP contribution in [0.2, 0.25) is 0 Å². The highest BCUT2D eigenvalue weighted by Gasteiger charge is 2.16. The molecular formula is C28H30BrN3O. The summed E-state index contributed by atoms with van der Waals surface area (Å²) in [6.07, 6.45) is 2.60. The van der Waals surface area contributed by atoms with E-state index in [1.807, 2.05) is 30.3 Å². The third-order valence-corrected chi connectivity index (χ3v) is 6.38. The van der Waals surface area contributed by atoms with E-state index in [-0.39, 0.29) is 11.1 Å². The number of nitrogens with zero attached hydrogens (tertiary/aromatic N) is 3. The van der Waals surface area contributed by atoms with Gasteiger partial charge in [0.15, 0.2) is 0 Å². The van der Waals surface area contributed by atoms with Crippen LogP contribution < -0.4 is 5.69 Å². The smallest absolute Gasteiger partial charge is 0.247 e. The number of para-hydroxylation sites is 1. The minimum Gasteiger partial charge on any atom is -0.247 e. The highest BCUT2D eigenvalue weighted by Crippen LogP contribution is 2.22. The summed E-state index contributed by atoms with van der Waals surface area (Å²) >= 11 is 3.49. The molecule has 0 atom stereocenters. The summed E-state index contributed by atoms with van der Waals surface area (Å²) in [7, 11) is 0. The summed E-state index contributed by atoms with van der Waals surface area (Å²) < 4.78 is 4.43. The van der Waals surface area contributed by atoms with Gasteiger partial charge >= 0.3 is 5.69 Å². The van der Waals surface area contributed by atoms with E-state index in [2.05, 4.69) is 85.2 Å². The van der Waals surface area contributed by atoms with E-state index in [0.717, 1.165) is 40.8 Å². The third kappa shape index (κ3) is 5.72. The van der Waals surface area contributed by atoms with Crippen molar-refractivity contribution >= 4 is 15.9 Å². The Labute approximate surface area is 204 Å². The van der Waals surface area contributed by atoms with Crippen LogP contribution in [0.1, 0.15) is 49.7 Å². The van der Waals surface area contributed by atoms with E-state index < -0.39 is 0 Å². The molecule has 0 fully saturated rings. The van der Waals surface area contributed by atoms with Crippen LogP contribution >= 0.6 is 15.9 Å². The van der Waals surface area contributed by atoms with Crippen molar-refractivity contribution < 1.29 is 0 Å². The van der Waals surface area contributed by atoms with Gasteiger partial charge < -0.3 is 0 Å². The lowest BCUT2D eigenvalue weighted by Crippen LogP contribution is -2.25. The second-order valence-corrected chi connectivity index (χ2v) is 10.4. The Kier molecular flexibility index (Phi) is 6.99. The quantitative estimate of drug-likeness (QED) is 0.296. The Bertz CT molecular complexity index is 1250. The molecule has 1 aromatic heterocycles. The number of rotatable bonds is 7. The predicted octanol–water partition coefficient (Wildman–Crippen LogP) is 6.32. The van der Waals surface area contributed by atoms with E-state index in [1.54, 1.807) is 9.25 Å². The minimum atomic E-state index is -0.0975. The van der Waals surface area contributed by atoms with E-state index in [1.165, 1.54) is 11.1 Å². The summed E-state index contributed by atoms with van der Waals surface area (Å²) in [5.41, 5.74) is 4.50. The standard InChI is InChI=1S/C28H30BrN3O/c1-28(2,3)23-16-12-22(13-17-23)20-31-27(33)32(25-9-5-4-6-10-25)26(30-31)11-7-8-21-14-18-24(29)19-15-21/h4-6,9-10,12-19H,7-8,11,20H2,1-3H3. The summed E-state index contributed by atoms with van der Waals surface area (Å²) in [5, 5.41) is 4.76. The Balaban J connectivity index is 1.58. The average molecular weight is 504 g/mol. The van der Waals surface area contributed by atoms with Crippen molar-refractivity contribution in [1.29, 1.82) is 0 Å². The Morgan fingerprint density at radius 3 is 2.09 bits per heavy atom. The topological polar surface area (TPSA) is 39.8 Å². The molecular weight excluding hydrogens is 474 g/mol. The van der Waals surface area contributed by atoms with Crippen LogP contribution in [-0.4, -0.2) is 14.3 Å². The maximum atomic E-state index is 13.3. The summed E-state index contributed by atoms with van der Waals surface area (Å²) in [6.45, 7) is 7.07. The lowest BCUT2D eigenvalue weighted by atomic mass is 9.87. The highest BCUT2D eigenvalue weighted by atomic mass is 79.9. The number of aromatic nitrogens is 3. The maximum absolute atomic E-state index is 13.3. The maximum Gasteiger partial charge on any atom is 0.350 e. The van der Waals surface area contributed by atoms with E-state index in [0.29, 0.717) is 6.54 Å². The fourth-order valence-corrected chi connectivity index (χ4v) is 4.20. The number of benzene rings is 3. The molecule has 170 valence electrons. The molecule has 0 aliphatic rings. The molecule has 0 N–H and O–H groups in total. The van der Waals surface area contributed by atoms with Gasteiger partial charge in [0.05, 0.1) is 12.2 Å². The van der Waals surface area contributed by atoms with Gasteiger partial charge in [-0.2, -0.15) is 5.10 Å². The van der Waals surface area contributed by atoms with Crippen molar-refractivity contribution in [1.82, 2.24) is 14.3 Å². The Morgan fingerprint density at radius 1 is 0.818 bits per heavy atom. The molecule has 0 radical (unpaired) electrons. The zero-order valence-electron chi connectivity index (χ0n) is 19.5. The predicted molar refractivity (Wildman–Crippen MR) is 138 cm³/mol. The first-order valence-corrected chi connectivity index (χ1v) is 12.2. The molecule has 0 bridgehead atoms. The SMILES string of the molecule is CC(C)(C)c1ccc(Cn2nc(CCCc3ccc(Br)cc3)n(-c3ccccc3)c2=O)cc1. The summed E-state index contributed by atoms with van der Waals surface area (Å²) in [4.78, 5) is 13.3. The van der Waals surface area contributed by atoms with Gasteiger partial charge in [-0.3, -0.25) is 0 Å². The molecule has 4 aromatic rings. The molecule has 0 aliphatic carbocycles. The molecule has 4 nitrogen and oxygen atoms in total. The van der Waals surface area contributed by atoms with Crippen molar-refractivity contribution in [3.8, 4) is 5.69 Å². The fourth-order valence-electron chi connectivity index (χ4n) is 3.94. The molecule has 0 spiro atoms. The monoisotopic (exact) mass is 503 g/mol. The molecule has 4 rings (SSSR count). The van der Waals surface area contributed by atoms with Gasteiger partial charge in [0.1, 0.15) is 5.82 Å². The van der Waals surface area contributed by atoms with Crippen LogP contribution in [0.25, 0.3) is 5.69 Å². The molecule has 0 saturated carbocycles. The van der Waals surface area contributed by atoms with Crippen LogP contribution in [0, 0.1) is 0 Å². The molecule has 0 amide bonds. The molecule has 0 aliphatic heterocycles. The van der Waals surface area contributed by atoms with Gasteiger partial charge in [-0.25, -0.2) is 14.0 Å². The molecule has 0 saturated heterocycles. The van der Waals surface area contributed by atoms with Crippen molar-refractivity contribution in [3.63, 3.8) is 0 Å². The molecule has 1 heterocycles. The first-order chi connectivity index (χ1) is 15.8. The van der Waals surface area contributed by atoms with E-state index in [4.69, 9.17) is 5.10 Å². The van der Waals surface area contributed by atoms with Gasteiger partial charge in [-0.05, 0) is 59.2 Å². The number of hydrogen-bond donors (Lipinski definition) is 0. The molecule has 33 heavy (non-hydrogen) atoms. The van der Waals surface area contributed by atoms with Crippen molar-refractivity contribution in [3.05, 3.63) is 116 Å². The number of hydrogen-bond acceptors (Lipinski definition) is 2. The molecule has 0 unspecified atom stereocenters. The van der Waals surface area contributed by atoms with Crippen molar-refractivity contribution in [2.24, 2.45) is 0 Å². The lowest BCUT2D eigenvalue weighted by Gasteiger charge is -2.19. The van der Waals surface area contributed by atoms with Crippen molar-refractivity contribution in [2.75, 3.05) is 0 Å². The second-order valence-electron chi connectivity index (χ2n) is 9.45. The van der Waals surface area contributed by atoms with E-state index in [9.17, 15) is 4.79 Å². The van der Waals surface area contributed by atoms with Gasteiger partial charge in [-0.15, -0.1) is 0 Å². The lowest BCUT2D eigenvalue weighted by molar-refractivity contribution is 0.589. The van der Waals surface area contributed by atoms with Gasteiger partial charge in [0.2, 0.25) is 0 Å². The molecule has 5 heteroatoms. The zero-order valence-corrected chi connectivity index (χ0v) is 21.0.